The van der Waals surface area contributed by atoms with Gasteiger partial charge in [0.15, 0.2) is 6.79 Å². The van der Waals surface area contributed by atoms with Gasteiger partial charge in [-0.25, -0.2) is 0 Å². The molecule has 0 radical (unpaired) electrons. The Bertz CT molecular complexity index is 389. The number of carbonyl (C=O) groups is 3. The Morgan fingerprint density at radius 1 is 0.882 bits per heavy atom. The smallest absolute Gasteiger partial charge is 0.317 e. The summed E-state index contributed by atoms with van der Waals surface area (Å²) < 4.78 is 14.7. The van der Waals surface area contributed by atoms with E-state index in [2.05, 4.69) is 4.74 Å². The van der Waals surface area contributed by atoms with Crippen LogP contribution in [-0.4, -0.2) is 31.3 Å². The van der Waals surface area contributed by atoms with Gasteiger partial charge in [-0.15, -0.1) is 0 Å². The van der Waals surface area contributed by atoms with E-state index in [9.17, 15) is 14.4 Å². The monoisotopic (exact) mass is 240 g/mol. The van der Waals surface area contributed by atoms with Crippen molar-refractivity contribution in [2.24, 2.45) is 23.7 Å². The first kappa shape index (κ1) is 10.7. The summed E-state index contributed by atoms with van der Waals surface area (Å²) in [6.45, 7) is 0.348. The fourth-order valence-electron chi connectivity index (χ4n) is 2.94. The van der Waals surface area contributed by atoms with E-state index < -0.39 is 23.8 Å². The van der Waals surface area contributed by atoms with Crippen LogP contribution in [0.4, 0.5) is 0 Å². The standard InChI is InChI=1S/C11H12O6/c12-9-6-2-8-7(10(13)17-11(8)14)1-5(6)3-15-4-16-9/h5-8H,1-4H2. The van der Waals surface area contributed by atoms with Crippen molar-refractivity contribution in [1.82, 2.24) is 0 Å². The van der Waals surface area contributed by atoms with Crippen LogP contribution in [0.5, 0.6) is 0 Å². The molecular weight excluding hydrogens is 228 g/mol. The van der Waals surface area contributed by atoms with Gasteiger partial charge in [0.1, 0.15) is 0 Å². The van der Waals surface area contributed by atoms with Crippen molar-refractivity contribution in [3.63, 3.8) is 0 Å². The first-order chi connectivity index (χ1) is 8.16. The number of ether oxygens (including phenoxy) is 3. The van der Waals surface area contributed by atoms with Crippen LogP contribution in [0.2, 0.25) is 0 Å². The van der Waals surface area contributed by atoms with Crippen LogP contribution >= 0.6 is 0 Å². The van der Waals surface area contributed by atoms with Crippen molar-refractivity contribution in [1.29, 1.82) is 0 Å². The molecule has 0 aromatic heterocycles. The average Bonchev–Trinajstić information content (AvgIpc) is 2.48. The maximum absolute atomic E-state index is 11.7. The van der Waals surface area contributed by atoms with E-state index in [1.165, 1.54) is 0 Å². The van der Waals surface area contributed by atoms with Crippen LogP contribution in [0.15, 0.2) is 0 Å². The van der Waals surface area contributed by atoms with Crippen molar-refractivity contribution in [3.8, 4) is 0 Å². The predicted octanol–water partition coefficient (Wildman–Crippen LogP) is -0.141. The fraction of sp³-hybridized carbons (Fsp3) is 0.727. The molecule has 4 atom stereocenters. The van der Waals surface area contributed by atoms with E-state index in [1.54, 1.807) is 0 Å². The van der Waals surface area contributed by atoms with Crippen molar-refractivity contribution < 1.29 is 28.6 Å². The van der Waals surface area contributed by atoms with Gasteiger partial charge in [0.25, 0.3) is 0 Å². The van der Waals surface area contributed by atoms with Crippen LogP contribution in [-0.2, 0) is 28.6 Å². The lowest BCUT2D eigenvalue weighted by Gasteiger charge is -2.31. The molecule has 4 unspecified atom stereocenters. The lowest BCUT2D eigenvalue weighted by molar-refractivity contribution is -0.156. The molecule has 0 bridgehead atoms. The highest BCUT2D eigenvalue weighted by Crippen LogP contribution is 2.43. The molecule has 0 aromatic carbocycles. The molecule has 0 amide bonds. The molecule has 92 valence electrons. The number of cyclic esters (lactones) is 3. The molecule has 0 aromatic rings. The highest BCUT2D eigenvalue weighted by atomic mass is 16.7. The number of hydrogen-bond acceptors (Lipinski definition) is 6. The Morgan fingerprint density at radius 2 is 1.59 bits per heavy atom. The van der Waals surface area contributed by atoms with Crippen molar-refractivity contribution >= 4 is 17.9 Å². The number of esters is 3. The summed E-state index contributed by atoms with van der Waals surface area (Å²) in [6, 6.07) is 0. The van der Waals surface area contributed by atoms with E-state index in [4.69, 9.17) is 9.47 Å². The lowest BCUT2D eigenvalue weighted by Crippen LogP contribution is -2.38. The molecule has 2 saturated heterocycles. The highest BCUT2D eigenvalue weighted by molar-refractivity contribution is 5.97. The molecule has 17 heavy (non-hydrogen) atoms. The van der Waals surface area contributed by atoms with Gasteiger partial charge in [0, 0.05) is 0 Å². The summed E-state index contributed by atoms with van der Waals surface area (Å²) in [6.07, 6.45) is 0.803. The molecule has 3 fully saturated rings. The number of rotatable bonds is 0. The third-order valence-corrected chi connectivity index (χ3v) is 3.85. The van der Waals surface area contributed by atoms with Crippen LogP contribution in [0.3, 0.4) is 0 Å². The largest absolute Gasteiger partial charge is 0.438 e. The SMILES string of the molecule is O=C1OCOCC2CC3C(=O)OC(=O)C3CC12. The second-order valence-electron chi connectivity index (χ2n) is 4.74. The topological polar surface area (TPSA) is 78.9 Å². The molecule has 2 aliphatic heterocycles. The molecule has 1 aliphatic carbocycles. The van der Waals surface area contributed by atoms with E-state index in [0.29, 0.717) is 19.4 Å². The van der Waals surface area contributed by atoms with Gasteiger partial charge < -0.3 is 14.2 Å². The quantitative estimate of drug-likeness (QED) is 0.433. The van der Waals surface area contributed by atoms with Crippen LogP contribution < -0.4 is 0 Å². The van der Waals surface area contributed by atoms with Crippen LogP contribution in [0, 0.1) is 23.7 Å². The van der Waals surface area contributed by atoms with Gasteiger partial charge in [-0.1, -0.05) is 0 Å². The molecule has 6 heteroatoms. The molecule has 3 rings (SSSR count). The molecule has 0 N–H and O–H groups in total. The summed E-state index contributed by atoms with van der Waals surface area (Å²) >= 11 is 0. The van der Waals surface area contributed by atoms with Gasteiger partial charge in [-0.2, -0.15) is 0 Å². The molecule has 0 spiro atoms. The van der Waals surface area contributed by atoms with Gasteiger partial charge >= 0.3 is 17.9 Å². The third kappa shape index (κ3) is 1.63. The zero-order chi connectivity index (χ0) is 12.0. The maximum atomic E-state index is 11.7. The minimum Gasteiger partial charge on any atom is -0.438 e. The maximum Gasteiger partial charge on any atom is 0.317 e. The minimum atomic E-state index is -0.503. The van der Waals surface area contributed by atoms with Crippen LogP contribution in [0.25, 0.3) is 0 Å². The fourth-order valence-corrected chi connectivity index (χ4v) is 2.94. The van der Waals surface area contributed by atoms with Crippen molar-refractivity contribution in [2.45, 2.75) is 12.8 Å². The van der Waals surface area contributed by atoms with Gasteiger partial charge in [0.2, 0.25) is 0 Å². The lowest BCUT2D eigenvalue weighted by atomic mass is 9.69. The number of fused-ring (bicyclic) bond motifs is 2. The summed E-state index contributed by atoms with van der Waals surface area (Å²) in [5, 5.41) is 0. The summed E-state index contributed by atoms with van der Waals surface area (Å²) in [5.41, 5.74) is 0. The van der Waals surface area contributed by atoms with Gasteiger partial charge in [-0.05, 0) is 18.8 Å². The Hall–Kier alpha value is -1.43. The summed E-state index contributed by atoms with van der Waals surface area (Å²) in [5.74, 6) is -2.58. The Labute approximate surface area is 97.2 Å². The number of hydrogen-bond donors (Lipinski definition) is 0. The third-order valence-electron chi connectivity index (χ3n) is 3.85. The zero-order valence-electron chi connectivity index (χ0n) is 9.09. The first-order valence-electron chi connectivity index (χ1n) is 5.66. The Kier molecular flexibility index (Phi) is 2.39. The second kappa shape index (κ2) is 3.80. The van der Waals surface area contributed by atoms with Crippen LogP contribution in [0.1, 0.15) is 12.8 Å². The van der Waals surface area contributed by atoms with E-state index >= 15 is 0 Å². The Balaban J connectivity index is 1.85. The van der Waals surface area contributed by atoms with Crippen molar-refractivity contribution in [3.05, 3.63) is 0 Å². The molecule has 1 saturated carbocycles. The zero-order valence-corrected chi connectivity index (χ0v) is 9.09. The second-order valence-corrected chi connectivity index (χ2v) is 4.74. The molecule has 3 aliphatic rings. The molecule has 2 heterocycles. The van der Waals surface area contributed by atoms with E-state index in [0.717, 1.165) is 0 Å². The van der Waals surface area contributed by atoms with E-state index in [1.807, 2.05) is 0 Å². The molecular formula is C11H12O6. The summed E-state index contributed by atoms with van der Waals surface area (Å²) in [7, 11) is 0. The van der Waals surface area contributed by atoms with Gasteiger partial charge in [0.05, 0.1) is 24.4 Å². The Morgan fingerprint density at radius 3 is 2.35 bits per heavy atom. The van der Waals surface area contributed by atoms with Crippen molar-refractivity contribution in [2.75, 3.05) is 13.4 Å². The average molecular weight is 240 g/mol. The minimum absolute atomic E-state index is 0.0421. The van der Waals surface area contributed by atoms with E-state index in [-0.39, 0.29) is 24.6 Å². The summed E-state index contributed by atoms with van der Waals surface area (Å²) in [4.78, 5) is 34.6. The van der Waals surface area contributed by atoms with Gasteiger partial charge in [-0.3, -0.25) is 14.4 Å². The normalized spacial score (nSPS) is 41.1. The first-order valence-corrected chi connectivity index (χ1v) is 5.66. The number of carbonyl (C=O) groups excluding carboxylic acids is 3. The molecule has 6 nitrogen and oxygen atoms in total. The predicted molar refractivity (Wildman–Crippen MR) is 51.2 cm³/mol. The highest BCUT2D eigenvalue weighted by Gasteiger charge is 2.53.